The van der Waals surface area contributed by atoms with Crippen molar-refractivity contribution < 1.29 is 30.0 Å². The van der Waals surface area contributed by atoms with E-state index in [1.54, 1.807) is 6.92 Å². The molecule has 7 nitrogen and oxygen atoms in total. The first kappa shape index (κ1) is 17.0. The molecule has 0 spiro atoms. The fourth-order valence-electron chi connectivity index (χ4n) is 1.41. The van der Waals surface area contributed by atoms with Gasteiger partial charge in [-0.15, -0.1) is 0 Å². The molecular weight excluding hydrogens is 334 g/mol. The van der Waals surface area contributed by atoms with Crippen molar-refractivity contribution in [2.45, 2.75) is 37.4 Å². The molecule has 0 unspecified atom stereocenters. The standard InChI is InChI=1S/C12H16BrNO6/c1-7(15)3-4-9-5-10(6-14-8(9)2)20-12(18,19)11(13,16)17/h5-6,16-19H,3-4H2,1-2H3. The Kier molecular flexibility index (Phi) is 5.22. The molecule has 1 aromatic heterocycles. The van der Waals surface area contributed by atoms with E-state index in [1.165, 1.54) is 19.2 Å². The van der Waals surface area contributed by atoms with Crippen LogP contribution in [0.4, 0.5) is 0 Å². The number of aliphatic hydroxyl groups is 4. The number of aromatic nitrogens is 1. The van der Waals surface area contributed by atoms with Crippen molar-refractivity contribution in [1.29, 1.82) is 0 Å². The maximum Gasteiger partial charge on any atom is 0.391 e. The molecule has 0 aliphatic carbocycles. The Hall–Kier alpha value is -1.06. The maximum absolute atomic E-state index is 11.0. The molecule has 0 aliphatic heterocycles. The molecule has 0 aliphatic rings. The van der Waals surface area contributed by atoms with E-state index < -0.39 is 10.7 Å². The van der Waals surface area contributed by atoms with Crippen LogP contribution in [0.3, 0.4) is 0 Å². The summed E-state index contributed by atoms with van der Waals surface area (Å²) in [7, 11) is 0. The van der Waals surface area contributed by atoms with Crippen molar-refractivity contribution in [3.8, 4) is 5.75 Å². The average Bonchev–Trinajstić information content (AvgIpc) is 2.27. The number of ketones is 1. The second-order valence-corrected chi connectivity index (χ2v) is 5.52. The van der Waals surface area contributed by atoms with Crippen LogP contribution < -0.4 is 4.74 Å². The molecule has 0 radical (unpaired) electrons. The van der Waals surface area contributed by atoms with E-state index >= 15 is 0 Å². The molecule has 8 heteroatoms. The summed E-state index contributed by atoms with van der Waals surface area (Å²) in [6.07, 6.45) is 1.94. The molecule has 0 amide bonds. The molecule has 0 saturated heterocycles. The summed E-state index contributed by atoms with van der Waals surface area (Å²) in [5, 5.41) is 37.0. The van der Waals surface area contributed by atoms with Gasteiger partial charge in [0.25, 0.3) is 0 Å². The highest BCUT2D eigenvalue weighted by Crippen LogP contribution is 2.28. The molecule has 0 bridgehead atoms. The lowest BCUT2D eigenvalue weighted by Crippen LogP contribution is -2.54. The van der Waals surface area contributed by atoms with Crippen LogP contribution in [0.2, 0.25) is 0 Å². The first-order chi connectivity index (χ1) is 9.03. The van der Waals surface area contributed by atoms with E-state index in [1.807, 2.05) is 0 Å². The van der Waals surface area contributed by atoms with E-state index in [0.29, 0.717) is 24.1 Å². The highest BCUT2D eigenvalue weighted by Gasteiger charge is 2.49. The van der Waals surface area contributed by atoms with Gasteiger partial charge in [0.1, 0.15) is 11.5 Å². The Morgan fingerprint density at radius 1 is 1.40 bits per heavy atom. The van der Waals surface area contributed by atoms with Crippen LogP contribution >= 0.6 is 15.9 Å². The molecule has 4 N–H and O–H groups in total. The van der Waals surface area contributed by atoms with Gasteiger partial charge in [0.05, 0.1) is 6.20 Å². The lowest BCUT2D eigenvalue weighted by atomic mass is 10.1. The number of carbonyl (C=O) groups is 1. The number of Topliss-reactive ketones (excluding diaryl/α,β-unsaturated/α-hetero) is 1. The first-order valence-electron chi connectivity index (χ1n) is 5.75. The SMILES string of the molecule is CC(=O)CCc1cc(OC(O)(O)C(O)(O)Br)cnc1C. The summed E-state index contributed by atoms with van der Waals surface area (Å²) in [5.74, 6) is -3.33. The number of halogens is 1. The van der Waals surface area contributed by atoms with Gasteiger partial charge in [-0.25, -0.2) is 0 Å². The van der Waals surface area contributed by atoms with E-state index in [2.05, 4.69) is 25.7 Å². The van der Waals surface area contributed by atoms with Crippen LogP contribution in [0.15, 0.2) is 12.3 Å². The average molecular weight is 350 g/mol. The molecule has 1 rings (SSSR count). The van der Waals surface area contributed by atoms with Crippen LogP contribution in [0, 0.1) is 6.92 Å². The summed E-state index contributed by atoms with van der Waals surface area (Å²) in [5.41, 5.74) is 1.35. The van der Waals surface area contributed by atoms with Crippen molar-refractivity contribution in [3.05, 3.63) is 23.5 Å². The largest absolute Gasteiger partial charge is 0.433 e. The molecule has 0 saturated carbocycles. The third-order valence-corrected chi connectivity index (χ3v) is 3.10. The molecule has 112 valence electrons. The lowest BCUT2D eigenvalue weighted by Gasteiger charge is -2.29. The van der Waals surface area contributed by atoms with Gasteiger partial charge in [-0.2, -0.15) is 0 Å². The fourth-order valence-corrected chi connectivity index (χ4v) is 1.49. The highest BCUT2D eigenvalue weighted by atomic mass is 79.9. The second-order valence-electron chi connectivity index (χ2n) is 4.42. The summed E-state index contributed by atoms with van der Waals surface area (Å²) in [6.45, 7) is 3.20. The van der Waals surface area contributed by atoms with Crippen molar-refractivity contribution in [1.82, 2.24) is 4.98 Å². The van der Waals surface area contributed by atoms with Crippen LogP contribution in [-0.4, -0.2) is 41.9 Å². The number of aryl methyl sites for hydroxylation is 2. The van der Waals surface area contributed by atoms with Gasteiger partial charge < -0.3 is 30.0 Å². The van der Waals surface area contributed by atoms with Crippen LogP contribution in [0.5, 0.6) is 5.75 Å². The van der Waals surface area contributed by atoms with E-state index in [4.69, 9.17) is 10.2 Å². The number of nitrogens with zero attached hydrogens (tertiary/aromatic N) is 1. The predicted octanol–water partition coefficient (Wildman–Crippen LogP) is -0.0379. The molecule has 1 heterocycles. The maximum atomic E-state index is 11.0. The Morgan fingerprint density at radius 2 is 2.00 bits per heavy atom. The third-order valence-electron chi connectivity index (χ3n) is 2.59. The number of hydrogen-bond donors (Lipinski definition) is 4. The summed E-state index contributed by atoms with van der Waals surface area (Å²) < 4.78 is 1.63. The fraction of sp³-hybridized carbons (Fsp3) is 0.500. The molecule has 20 heavy (non-hydrogen) atoms. The van der Waals surface area contributed by atoms with Gasteiger partial charge in [-0.1, -0.05) is 0 Å². The highest BCUT2D eigenvalue weighted by molar-refractivity contribution is 9.10. The van der Waals surface area contributed by atoms with Crippen LogP contribution in [0.25, 0.3) is 0 Å². The smallest absolute Gasteiger partial charge is 0.391 e. The summed E-state index contributed by atoms with van der Waals surface area (Å²) in [6, 6.07) is 1.45. The Labute approximate surface area is 124 Å². The van der Waals surface area contributed by atoms with Gasteiger partial charge in [0, 0.05) is 12.1 Å². The molecule has 1 aromatic rings. The van der Waals surface area contributed by atoms with Crippen molar-refractivity contribution in [3.63, 3.8) is 0 Å². The molecule has 0 aromatic carbocycles. The summed E-state index contributed by atoms with van der Waals surface area (Å²) >= 11 is 2.26. The number of pyridine rings is 1. The zero-order chi connectivity index (χ0) is 15.6. The Bertz CT molecular complexity index is 497. The van der Waals surface area contributed by atoms with Gasteiger partial charge in [-0.3, -0.25) is 4.98 Å². The van der Waals surface area contributed by atoms with E-state index in [0.717, 1.165) is 0 Å². The Morgan fingerprint density at radius 3 is 2.50 bits per heavy atom. The summed E-state index contributed by atoms with van der Waals surface area (Å²) in [4.78, 5) is 15.0. The number of hydrogen-bond acceptors (Lipinski definition) is 7. The van der Waals surface area contributed by atoms with Gasteiger partial charge in [0.2, 0.25) is 0 Å². The number of carbonyl (C=O) groups excluding carboxylic acids is 1. The van der Waals surface area contributed by atoms with Gasteiger partial charge in [-0.05, 0) is 47.8 Å². The number of alkyl halides is 1. The molecular formula is C12H16BrNO6. The van der Waals surface area contributed by atoms with Crippen molar-refractivity contribution >= 4 is 21.7 Å². The quantitative estimate of drug-likeness (QED) is 0.420. The van der Waals surface area contributed by atoms with E-state index in [-0.39, 0.29) is 11.5 Å². The van der Waals surface area contributed by atoms with Crippen molar-refractivity contribution in [2.75, 3.05) is 0 Å². The Balaban J connectivity index is 2.93. The van der Waals surface area contributed by atoms with Crippen LogP contribution in [0.1, 0.15) is 24.6 Å². The normalized spacial score (nSPS) is 12.3. The predicted molar refractivity (Wildman–Crippen MR) is 71.9 cm³/mol. The first-order valence-corrected chi connectivity index (χ1v) is 6.54. The minimum absolute atomic E-state index is 0.0135. The van der Waals surface area contributed by atoms with E-state index in [9.17, 15) is 15.0 Å². The van der Waals surface area contributed by atoms with Crippen LogP contribution in [-0.2, 0) is 11.2 Å². The second kappa shape index (κ2) is 6.15. The topological polar surface area (TPSA) is 120 Å². The lowest BCUT2D eigenvalue weighted by molar-refractivity contribution is -0.394. The number of rotatable bonds is 6. The zero-order valence-electron chi connectivity index (χ0n) is 11.0. The third kappa shape index (κ3) is 4.50. The number of ether oxygens (including phenoxy) is 1. The van der Waals surface area contributed by atoms with Gasteiger partial charge >= 0.3 is 10.7 Å². The molecule has 0 atom stereocenters. The van der Waals surface area contributed by atoms with Gasteiger partial charge in [0.15, 0.2) is 0 Å². The minimum Gasteiger partial charge on any atom is -0.433 e. The molecule has 0 fully saturated rings. The monoisotopic (exact) mass is 349 g/mol. The van der Waals surface area contributed by atoms with Crippen molar-refractivity contribution in [2.24, 2.45) is 0 Å². The zero-order valence-corrected chi connectivity index (χ0v) is 12.6. The minimum atomic E-state index is -3.26.